The summed E-state index contributed by atoms with van der Waals surface area (Å²) in [6, 6.07) is 38.4. The van der Waals surface area contributed by atoms with Crippen molar-refractivity contribution in [2.75, 3.05) is 0 Å². The molecule has 0 nitrogen and oxygen atoms in total. The van der Waals surface area contributed by atoms with E-state index in [4.69, 9.17) is 19.1 Å². The summed E-state index contributed by atoms with van der Waals surface area (Å²) in [6.07, 6.45) is 0. The molecule has 4 aromatic rings. The van der Waals surface area contributed by atoms with Gasteiger partial charge in [0.25, 0.3) is 0 Å². The molecule has 0 bridgehead atoms. The van der Waals surface area contributed by atoms with E-state index in [0.717, 1.165) is 17.2 Å². The van der Waals surface area contributed by atoms with Crippen LogP contribution in [0.2, 0.25) is 0 Å². The van der Waals surface area contributed by atoms with Gasteiger partial charge in [-0.1, -0.05) is 126 Å². The van der Waals surface area contributed by atoms with E-state index < -0.39 is 0 Å². The summed E-state index contributed by atoms with van der Waals surface area (Å²) in [5.74, 6) is 0. The van der Waals surface area contributed by atoms with Gasteiger partial charge in [-0.15, -0.1) is 0 Å². The van der Waals surface area contributed by atoms with E-state index in [0.29, 0.717) is 0 Å². The fraction of sp³-hybridized carbons (Fsp3) is 0.0769. The van der Waals surface area contributed by atoms with E-state index >= 15 is 0 Å². The second-order valence-corrected chi connectivity index (χ2v) is 11.7. The minimum atomic E-state index is -0.106. The van der Waals surface area contributed by atoms with Gasteiger partial charge in [-0.2, -0.15) is 0 Å². The van der Waals surface area contributed by atoms with Crippen LogP contribution in [-0.2, 0) is 15.9 Å². The maximum absolute atomic E-state index is 4.81. The number of rotatable bonds is 4. The summed E-state index contributed by atoms with van der Waals surface area (Å²) in [5.41, 5.74) is 2.77. The molecule has 0 spiro atoms. The Kier molecular flexibility index (Phi) is 13.3. The number of hydrogen-bond acceptors (Lipinski definition) is 0. The molecule has 2 unspecified atom stereocenters. The summed E-state index contributed by atoms with van der Waals surface area (Å²) in [4.78, 5) is 0. The molecule has 0 aliphatic carbocycles. The molecule has 0 saturated carbocycles. The summed E-state index contributed by atoms with van der Waals surface area (Å²) in [5, 5.41) is 5.70. The van der Waals surface area contributed by atoms with Crippen LogP contribution in [0.4, 0.5) is 0 Å². The Balaban J connectivity index is 0.000000196. The number of aryl methyl sites for hydroxylation is 2. The van der Waals surface area contributed by atoms with Crippen LogP contribution >= 0.6 is 36.2 Å². The second kappa shape index (κ2) is 15.7. The van der Waals surface area contributed by atoms with Crippen molar-refractivity contribution in [2.45, 2.75) is 13.8 Å². The standard InChI is InChI=1S/2C13H13P.2ClH.Pd/c2*1-11-7-5-6-10-13(11)14-12-8-3-2-4-9-12;;;/h2*2-10,14H,1H3;2*1H;/q;;;;+2/p-2. The van der Waals surface area contributed by atoms with Crippen LogP contribution in [0.1, 0.15) is 11.1 Å². The van der Waals surface area contributed by atoms with Crippen LogP contribution in [0.5, 0.6) is 0 Å². The van der Waals surface area contributed by atoms with Gasteiger partial charge in [0.15, 0.2) is 0 Å². The van der Waals surface area contributed by atoms with E-state index in [9.17, 15) is 0 Å². The molecule has 0 heterocycles. The molecule has 5 heteroatoms. The molecule has 0 aliphatic rings. The van der Waals surface area contributed by atoms with E-state index in [1.807, 2.05) is 0 Å². The fourth-order valence-electron chi connectivity index (χ4n) is 2.78. The number of halogens is 2. The van der Waals surface area contributed by atoms with Crippen molar-refractivity contribution in [1.29, 1.82) is 0 Å². The number of hydrogen-bond donors (Lipinski definition) is 0. The first-order valence-electron chi connectivity index (χ1n) is 9.72. The van der Waals surface area contributed by atoms with Crippen LogP contribution in [0.3, 0.4) is 0 Å². The molecule has 0 fully saturated rings. The minimum absolute atomic E-state index is 0.106. The SMILES string of the molecule is Cc1ccccc1Pc1ccccc1.Cc1ccccc1Pc1ccccc1.[Cl][Pd][Cl]. The summed E-state index contributed by atoms with van der Waals surface area (Å²) >= 11 is -0.106. The molecule has 0 aliphatic heterocycles. The van der Waals surface area contributed by atoms with Gasteiger partial charge in [-0.3, -0.25) is 0 Å². The van der Waals surface area contributed by atoms with Crippen molar-refractivity contribution in [3.63, 3.8) is 0 Å². The Morgan fingerprint density at radius 3 is 1.10 bits per heavy atom. The monoisotopic (exact) mass is 576 g/mol. The molecule has 4 aromatic carbocycles. The zero-order valence-corrected chi connectivity index (χ0v) is 22.5. The van der Waals surface area contributed by atoms with Gasteiger partial charge in [0.2, 0.25) is 0 Å². The molecular formula is C26H26Cl2P2Pd. The fourth-order valence-corrected chi connectivity index (χ4v) is 5.04. The summed E-state index contributed by atoms with van der Waals surface area (Å²) in [6.45, 7) is 4.34. The van der Waals surface area contributed by atoms with Crippen LogP contribution in [0.15, 0.2) is 109 Å². The first-order valence-corrected chi connectivity index (χ1v) is 15.7. The molecule has 4 rings (SSSR count). The average molecular weight is 578 g/mol. The summed E-state index contributed by atoms with van der Waals surface area (Å²) in [7, 11) is 11.2. The molecule has 0 amide bonds. The van der Waals surface area contributed by atoms with Gasteiger partial charge in [-0.25, -0.2) is 0 Å². The van der Waals surface area contributed by atoms with Crippen molar-refractivity contribution < 1.29 is 15.9 Å². The predicted octanol–water partition coefficient (Wildman–Crippen LogP) is 6.63. The van der Waals surface area contributed by atoms with E-state index in [1.165, 1.54) is 32.3 Å². The molecule has 31 heavy (non-hydrogen) atoms. The normalized spacial score (nSPS) is 10.6. The second-order valence-electron chi connectivity index (χ2n) is 6.66. The van der Waals surface area contributed by atoms with Crippen LogP contribution < -0.4 is 21.2 Å². The Hall–Kier alpha value is -1.02. The molecule has 0 saturated heterocycles. The Labute approximate surface area is 206 Å². The molecule has 164 valence electrons. The quantitative estimate of drug-likeness (QED) is 0.189. The topological polar surface area (TPSA) is 0 Å². The van der Waals surface area contributed by atoms with Crippen LogP contribution in [-0.4, -0.2) is 0 Å². The number of benzene rings is 4. The van der Waals surface area contributed by atoms with Gasteiger partial charge in [0.05, 0.1) is 0 Å². The van der Waals surface area contributed by atoms with E-state index in [2.05, 4.69) is 123 Å². The zero-order chi connectivity index (χ0) is 22.3. The maximum atomic E-state index is 4.81. The van der Waals surface area contributed by atoms with Gasteiger partial charge in [0.1, 0.15) is 0 Å². The third kappa shape index (κ3) is 10.4. The third-order valence-electron chi connectivity index (χ3n) is 4.40. The molecular weight excluding hydrogens is 552 g/mol. The molecule has 0 aromatic heterocycles. The average Bonchev–Trinajstić information content (AvgIpc) is 2.79. The molecule has 2 atom stereocenters. The molecule has 0 N–H and O–H groups in total. The van der Waals surface area contributed by atoms with Crippen molar-refractivity contribution in [3.8, 4) is 0 Å². The van der Waals surface area contributed by atoms with E-state index in [1.54, 1.807) is 0 Å². The van der Waals surface area contributed by atoms with Crippen molar-refractivity contribution in [3.05, 3.63) is 120 Å². The van der Waals surface area contributed by atoms with Crippen molar-refractivity contribution in [1.82, 2.24) is 0 Å². The van der Waals surface area contributed by atoms with Gasteiger partial charge < -0.3 is 0 Å². The Morgan fingerprint density at radius 2 is 0.774 bits per heavy atom. The first kappa shape index (κ1) is 26.2. The van der Waals surface area contributed by atoms with E-state index in [-0.39, 0.29) is 15.9 Å². The third-order valence-corrected chi connectivity index (χ3v) is 7.30. The first-order chi connectivity index (χ1) is 15.1. The van der Waals surface area contributed by atoms with Crippen molar-refractivity contribution in [2.24, 2.45) is 0 Å². The van der Waals surface area contributed by atoms with Crippen LogP contribution in [0.25, 0.3) is 0 Å². The predicted molar refractivity (Wildman–Crippen MR) is 142 cm³/mol. The molecule has 0 radical (unpaired) electrons. The van der Waals surface area contributed by atoms with Crippen LogP contribution in [0, 0.1) is 13.8 Å². The van der Waals surface area contributed by atoms with Gasteiger partial charge in [0, 0.05) is 0 Å². The van der Waals surface area contributed by atoms with Crippen molar-refractivity contribution >= 4 is 57.4 Å². The zero-order valence-electron chi connectivity index (χ0n) is 17.5. The van der Waals surface area contributed by atoms with Gasteiger partial charge >= 0.3 is 35.0 Å². The Bertz CT molecular complexity index is 929. The van der Waals surface area contributed by atoms with Gasteiger partial charge in [-0.05, 0) is 46.2 Å². The summed E-state index contributed by atoms with van der Waals surface area (Å²) < 4.78 is 0. The Morgan fingerprint density at radius 1 is 0.484 bits per heavy atom.